The highest BCUT2D eigenvalue weighted by Gasteiger charge is 2.32. The van der Waals surface area contributed by atoms with Crippen molar-refractivity contribution in [1.29, 1.82) is 0 Å². The van der Waals surface area contributed by atoms with Crippen LogP contribution in [0.2, 0.25) is 0 Å². The summed E-state index contributed by atoms with van der Waals surface area (Å²) in [4.78, 5) is 15.5. The van der Waals surface area contributed by atoms with Crippen molar-refractivity contribution in [3.8, 4) is 5.75 Å². The first-order valence-corrected chi connectivity index (χ1v) is 12.5. The number of ether oxygens (including phenoxy) is 1. The van der Waals surface area contributed by atoms with Crippen molar-refractivity contribution in [3.05, 3.63) is 59.2 Å². The van der Waals surface area contributed by atoms with Crippen molar-refractivity contribution in [2.75, 3.05) is 33.3 Å². The van der Waals surface area contributed by atoms with Gasteiger partial charge in [0.1, 0.15) is 5.75 Å². The third-order valence-corrected chi connectivity index (χ3v) is 7.69. The second-order valence-corrected chi connectivity index (χ2v) is 9.91. The standard InChI is InChI=1S/C23H30N4O4S/c1-3-26-32(29,30)19-7-4-6-16(12-19)21-8-5-11-27(21)23(28)17-9-10-20(22(13-17)31-2)18-14-24-25-15-18/h4,6-7,9-10,12-13,18,21,24-26H,3,5,8,11,14-15H2,1-2H3/t21-/m1/s1. The lowest BCUT2D eigenvalue weighted by atomic mass is 9.97. The summed E-state index contributed by atoms with van der Waals surface area (Å²) in [6.45, 7) is 4.33. The average Bonchev–Trinajstić information content (AvgIpc) is 3.50. The SMILES string of the molecule is CCNS(=O)(=O)c1cccc([C@H]2CCCN2C(=O)c2ccc(C3CNNC3)c(OC)c2)c1. The molecule has 0 radical (unpaired) electrons. The van der Waals surface area contributed by atoms with E-state index >= 15 is 0 Å². The first-order chi connectivity index (χ1) is 15.4. The van der Waals surface area contributed by atoms with Gasteiger partial charge in [-0.05, 0) is 48.2 Å². The van der Waals surface area contributed by atoms with Crippen LogP contribution in [-0.2, 0) is 10.0 Å². The molecule has 0 saturated carbocycles. The van der Waals surface area contributed by atoms with Crippen LogP contribution in [0.4, 0.5) is 0 Å². The minimum absolute atomic E-state index is 0.0695. The number of benzene rings is 2. The zero-order valence-electron chi connectivity index (χ0n) is 18.4. The van der Waals surface area contributed by atoms with Gasteiger partial charge in [0, 0.05) is 37.7 Å². The number of sulfonamides is 1. The first kappa shape index (κ1) is 22.7. The van der Waals surface area contributed by atoms with E-state index in [1.165, 1.54) is 0 Å². The normalized spacial score (nSPS) is 19.4. The minimum atomic E-state index is -3.55. The van der Waals surface area contributed by atoms with E-state index in [1.807, 2.05) is 29.2 Å². The van der Waals surface area contributed by atoms with Crippen molar-refractivity contribution in [2.24, 2.45) is 0 Å². The molecular formula is C23H30N4O4S. The summed E-state index contributed by atoms with van der Waals surface area (Å²) in [5, 5.41) is 0. The number of hydrogen-bond donors (Lipinski definition) is 3. The van der Waals surface area contributed by atoms with Gasteiger partial charge in [-0.1, -0.05) is 25.1 Å². The number of nitrogens with one attached hydrogen (secondary N) is 3. The molecule has 1 atom stereocenters. The van der Waals surface area contributed by atoms with Gasteiger partial charge in [-0.25, -0.2) is 13.1 Å². The summed E-state index contributed by atoms with van der Waals surface area (Å²) < 4.78 is 33.0. The molecule has 2 heterocycles. The summed E-state index contributed by atoms with van der Waals surface area (Å²) in [6, 6.07) is 12.4. The topological polar surface area (TPSA) is 99.8 Å². The molecule has 2 saturated heterocycles. The highest BCUT2D eigenvalue weighted by atomic mass is 32.2. The van der Waals surface area contributed by atoms with Crippen LogP contribution in [0.15, 0.2) is 47.4 Å². The van der Waals surface area contributed by atoms with Crippen LogP contribution >= 0.6 is 0 Å². The predicted octanol–water partition coefficient (Wildman–Crippen LogP) is 2.16. The number of hydrazine groups is 1. The highest BCUT2D eigenvalue weighted by Crippen LogP contribution is 2.35. The number of hydrogen-bond acceptors (Lipinski definition) is 6. The van der Waals surface area contributed by atoms with Crippen molar-refractivity contribution < 1.29 is 17.9 Å². The number of methoxy groups -OCH3 is 1. The molecular weight excluding hydrogens is 428 g/mol. The molecule has 2 fully saturated rings. The minimum Gasteiger partial charge on any atom is -0.496 e. The van der Waals surface area contributed by atoms with Gasteiger partial charge in [0.15, 0.2) is 0 Å². The second-order valence-electron chi connectivity index (χ2n) is 8.15. The second kappa shape index (κ2) is 9.58. The number of carbonyl (C=O) groups is 1. The molecule has 2 aliphatic heterocycles. The summed E-state index contributed by atoms with van der Waals surface area (Å²) in [5.74, 6) is 0.927. The quantitative estimate of drug-likeness (QED) is 0.588. The molecule has 0 aromatic heterocycles. The van der Waals surface area contributed by atoms with Gasteiger partial charge in [0.2, 0.25) is 10.0 Å². The number of likely N-dealkylation sites (tertiary alicyclic amines) is 1. The third-order valence-electron chi connectivity index (χ3n) is 6.14. The van der Waals surface area contributed by atoms with E-state index in [4.69, 9.17) is 4.74 Å². The Labute approximate surface area is 189 Å². The molecule has 32 heavy (non-hydrogen) atoms. The van der Waals surface area contributed by atoms with Crippen LogP contribution in [0.3, 0.4) is 0 Å². The maximum absolute atomic E-state index is 13.4. The Kier molecular flexibility index (Phi) is 6.80. The zero-order valence-corrected chi connectivity index (χ0v) is 19.2. The third kappa shape index (κ3) is 4.52. The Balaban J connectivity index is 1.59. The largest absolute Gasteiger partial charge is 0.496 e. The van der Waals surface area contributed by atoms with E-state index < -0.39 is 10.0 Å². The molecule has 2 aromatic carbocycles. The van der Waals surface area contributed by atoms with Crippen LogP contribution in [0.25, 0.3) is 0 Å². The molecule has 2 aliphatic rings. The van der Waals surface area contributed by atoms with Crippen LogP contribution in [0, 0.1) is 0 Å². The Morgan fingerprint density at radius 3 is 2.69 bits per heavy atom. The molecule has 2 aromatic rings. The molecule has 3 N–H and O–H groups in total. The van der Waals surface area contributed by atoms with Crippen molar-refractivity contribution in [3.63, 3.8) is 0 Å². The van der Waals surface area contributed by atoms with Crippen molar-refractivity contribution >= 4 is 15.9 Å². The Hall–Kier alpha value is -2.46. The van der Waals surface area contributed by atoms with E-state index in [2.05, 4.69) is 15.6 Å². The summed E-state index contributed by atoms with van der Waals surface area (Å²) in [7, 11) is -1.93. The lowest BCUT2D eigenvalue weighted by Gasteiger charge is -2.26. The fraction of sp³-hybridized carbons (Fsp3) is 0.435. The molecule has 4 rings (SSSR count). The fourth-order valence-corrected chi connectivity index (χ4v) is 5.64. The monoisotopic (exact) mass is 458 g/mol. The van der Waals surface area contributed by atoms with E-state index in [-0.39, 0.29) is 22.8 Å². The molecule has 0 aliphatic carbocycles. The molecule has 172 valence electrons. The molecule has 0 unspecified atom stereocenters. The van der Waals surface area contributed by atoms with E-state index in [0.29, 0.717) is 24.4 Å². The number of nitrogens with zero attached hydrogens (tertiary/aromatic N) is 1. The summed E-state index contributed by atoms with van der Waals surface area (Å²) in [5.41, 5.74) is 8.73. The molecule has 8 nitrogen and oxygen atoms in total. The van der Waals surface area contributed by atoms with Gasteiger partial charge in [-0.15, -0.1) is 0 Å². The van der Waals surface area contributed by atoms with Gasteiger partial charge in [-0.2, -0.15) is 0 Å². The smallest absolute Gasteiger partial charge is 0.254 e. The Bertz CT molecular complexity index is 1080. The van der Waals surface area contributed by atoms with Crippen LogP contribution in [0.1, 0.15) is 53.2 Å². The number of amides is 1. The van der Waals surface area contributed by atoms with Crippen molar-refractivity contribution in [2.45, 2.75) is 36.6 Å². The maximum atomic E-state index is 13.4. The summed E-state index contributed by atoms with van der Waals surface area (Å²) in [6.07, 6.45) is 1.67. The van der Waals surface area contributed by atoms with E-state index in [0.717, 1.165) is 37.1 Å². The molecule has 0 spiro atoms. The van der Waals surface area contributed by atoms with Gasteiger partial charge in [0.05, 0.1) is 18.0 Å². The van der Waals surface area contributed by atoms with E-state index in [1.54, 1.807) is 32.2 Å². The Morgan fingerprint density at radius 2 is 1.97 bits per heavy atom. The molecule has 0 bridgehead atoms. The molecule has 9 heteroatoms. The molecule has 1 amide bonds. The van der Waals surface area contributed by atoms with Crippen LogP contribution < -0.4 is 20.3 Å². The maximum Gasteiger partial charge on any atom is 0.254 e. The van der Waals surface area contributed by atoms with E-state index in [9.17, 15) is 13.2 Å². The van der Waals surface area contributed by atoms with Gasteiger partial charge in [-0.3, -0.25) is 15.6 Å². The zero-order chi connectivity index (χ0) is 22.7. The van der Waals surface area contributed by atoms with Crippen LogP contribution in [-0.4, -0.2) is 52.5 Å². The van der Waals surface area contributed by atoms with Gasteiger partial charge >= 0.3 is 0 Å². The van der Waals surface area contributed by atoms with Gasteiger partial charge < -0.3 is 9.64 Å². The lowest BCUT2D eigenvalue weighted by Crippen LogP contribution is -2.31. The Morgan fingerprint density at radius 1 is 1.19 bits per heavy atom. The van der Waals surface area contributed by atoms with Gasteiger partial charge in [0.25, 0.3) is 5.91 Å². The summed E-state index contributed by atoms with van der Waals surface area (Å²) >= 11 is 0. The van der Waals surface area contributed by atoms with Crippen LogP contribution in [0.5, 0.6) is 5.75 Å². The fourth-order valence-electron chi connectivity index (χ4n) is 4.55. The lowest BCUT2D eigenvalue weighted by molar-refractivity contribution is 0.0735. The number of rotatable bonds is 7. The number of carbonyl (C=O) groups excluding carboxylic acids is 1. The first-order valence-electron chi connectivity index (χ1n) is 11.0. The predicted molar refractivity (Wildman–Crippen MR) is 122 cm³/mol. The van der Waals surface area contributed by atoms with Crippen molar-refractivity contribution in [1.82, 2.24) is 20.5 Å². The average molecular weight is 459 g/mol. The highest BCUT2D eigenvalue weighted by molar-refractivity contribution is 7.89.